The van der Waals surface area contributed by atoms with Crippen molar-refractivity contribution in [2.75, 3.05) is 0 Å². The molecule has 3 N–H and O–H groups in total. The topological polar surface area (TPSA) is 98.3 Å². The lowest BCUT2D eigenvalue weighted by atomic mass is 10.1. The number of H-pyrrole nitrogens is 1. The van der Waals surface area contributed by atoms with Crippen LogP contribution in [0.3, 0.4) is 0 Å². The van der Waals surface area contributed by atoms with E-state index in [1.807, 2.05) is 13.8 Å². The third-order valence-electron chi connectivity index (χ3n) is 2.34. The summed E-state index contributed by atoms with van der Waals surface area (Å²) in [6.07, 6.45) is 3.11. The minimum absolute atomic E-state index is 0.138. The van der Waals surface area contributed by atoms with Crippen molar-refractivity contribution in [1.29, 1.82) is 0 Å². The van der Waals surface area contributed by atoms with E-state index in [0.717, 1.165) is 5.82 Å². The van der Waals surface area contributed by atoms with Gasteiger partial charge in [-0.1, -0.05) is 13.8 Å². The van der Waals surface area contributed by atoms with E-state index in [2.05, 4.69) is 25.3 Å². The fourth-order valence-corrected chi connectivity index (χ4v) is 1.30. The van der Waals surface area contributed by atoms with Gasteiger partial charge in [0.2, 0.25) is 0 Å². The Morgan fingerprint density at radius 1 is 1.50 bits per heavy atom. The van der Waals surface area contributed by atoms with Crippen LogP contribution in [-0.4, -0.2) is 29.9 Å². The zero-order valence-electron chi connectivity index (χ0n) is 9.33. The Hall–Kier alpha value is -1.76. The summed E-state index contributed by atoms with van der Waals surface area (Å²) < 4.78 is 1.67. The molecule has 2 aromatic rings. The van der Waals surface area contributed by atoms with E-state index in [9.17, 15) is 0 Å². The monoisotopic (exact) mass is 221 g/mol. The van der Waals surface area contributed by atoms with Crippen molar-refractivity contribution in [1.82, 2.24) is 29.9 Å². The van der Waals surface area contributed by atoms with Crippen LogP contribution in [0.25, 0.3) is 0 Å². The van der Waals surface area contributed by atoms with E-state index in [1.165, 1.54) is 6.33 Å². The lowest BCUT2D eigenvalue weighted by molar-refractivity contribution is 0.491. The van der Waals surface area contributed by atoms with Crippen LogP contribution in [-0.2, 0) is 6.54 Å². The maximum Gasteiger partial charge on any atom is 0.167 e. The lowest BCUT2D eigenvalue weighted by Crippen LogP contribution is -2.18. The molecule has 0 aliphatic carbocycles. The van der Waals surface area contributed by atoms with Crippen molar-refractivity contribution in [2.45, 2.75) is 26.4 Å². The summed E-state index contributed by atoms with van der Waals surface area (Å²) in [7, 11) is 0. The average molecular weight is 221 g/mol. The Bertz CT molecular complexity index is 430. The third-order valence-corrected chi connectivity index (χ3v) is 2.34. The number of aromatic nitrogens is 6. The summed E-state index contributed by atoms with van der Waals surface area (Å²) in [5, 5.41) is 10.9. The van der Waals surface area contributed by atoms with Gasteiger partial charge in [0.25, 0.3) is 0 Å². The van der Waals surface area contributed by atoms with Gasteiger partial charge in [-0.05, 0) is 5.92 Å². The van der Waals surface area contributed by atoms with Crippen LogP contribution in [0.1, 0.15) is 31.5 Å². The second kappa shape index (κ2) is 4.40. The summed E-state index contributed by atoms with van der Waals surface area (Å²) >= 11 is 0. The van der Waals surface area contributed by atoms with Gasteiger partial charge in [-0.2, -0.15) is 10.2 Å². The fourth-order valence-electron chi connectivity index (χ4n) is 1.30. The predicted octanol–water partition coefficient (Wildman–Crippen LogP) is 0.100. The lowest BCUT2D eigenvalue weighted by Gasteiger charge is -2.10. The van der Waals surface area contributed by atoms with Gasteiger partial charge in [-0.3, -0.25) is 5.10 Å². The first-order chi connectivity index (χ1) is 7.66. The van der Waals surface area contributed by atoms with Crippen molar-refractivity contribution >= 4 is 0 Å². The van der Waals surface area contributed by atoms with Gasteiger partial charge in [0.1, 0.15) is 25.0 Å². The number of hydrogen-bond acceptors (Lipinski definition) is 5. The van der Waals surface area contributed by atoms with Gasteiger partial charge in [0.15, 0.2) is 5.82 Å². The molecule has 0 unspecified atom stereocenters. The molecule has 0 aliphatic heterocycles. The molecular formula is C9H15N7. The van der Waals surface area contributed by atoms with Gasteiger partial charge in [-0.25, -0.2) is 14.6 Å². The van der Waals surface area contributed by atoms with Crippen LogP contribution in [0.5, 0.6) is 0 Å². The summed E-state index contributed by atoms with van der Waals surface area (Å²) in [4.78, 5) is 8.18. The highest BCUT2D eigenvalue weighted by molar-refractivity contribution is 4.97. The summed E-state index contributed by atoms with van der Waals surface area (Å²) in [6, 6.07) is -0.138. The second-order valence-electron chi connectivity index (χ2n) is 4.00. The van der Waals surface area contributed by atoms with E-state index in [4.69, 9.17) is 5.73 Å². The smallest absolute Gasteiger partial charge is 0.167 e. The fraction of sp³-hybridized carbons (Fsp3) is 0.556. The Kier molecular flexibility index (Phi) is 2.95. The second-order valence-corrected chi connectivity index (χ2v) is 4.00. The Balaban J connectivity index is 2.08. The van der Waals surface area contributed by atoms with Gasteiger partial charge in [0, 0.05) is 0 Å². The number of nitrogens with two attached hydrogens (primary N) is 1. The zero-order valence-corrected chi connectivity index (χ0v) is 9.33. The summed E-state index contributed by atoms with van der Waals surface area (Å²) in [5.41, 5.74) is 5.94. The molecule has 0 spiro atoms. The number of aromatic amines is 1. The van der Waals surface area contributed by atoms with E-state index in [1.54, 1.807) is 11.0 Å². The third kappa shape index (κ3) is 2.25. The minimum atomic E-state index is -0.138. The summed E-state index contributed by atoms with van der Waals surface area (Å²) in [6.45, 7) is 4.61. The van der Waals surface area contributed by atoms with Gasteiger partial charge >= 0.3 is 0 Å². The average Bonchev–Trinajstić information content (AvgIpc) is 2.88. The first-order valence-electron chi connectivity index (χ1n) is 5.16. The highest BCUT2D eigenvalue weighted by Gasteiger charge is 2.15. The molecule has 0 bridgehead atoms. The number of hydrogen-bond donors (Lipinski definition) is 2. The quantitative estimate of drug-likeness (QED) is 0.763. The number of nitrogens with zero attached hydrogens (tertiary/aromatic N) is 5. The van der Waals surface area contributed by atoms with Gasteiger partial charge in [-0.15, -0.1) is 0 Å². The molecule has 0 saturated carbocycles. The maximum atomic E-state index is 5.94. The molecule has 7 heteroatoms. The largest absolute Gasteiger partial charge is 0.321 e. The number of nitrogens with one attached hydrogen (secondary N) is 1. The molecule has 0 radical (unpaired) electrons. The van der Waals surface area contributed by atoms with Crippen molar-refractivity contribution in [3.63, 3.8) is 0 Å². The molecule has 0 amide bonds. The number of rotatable bonds is 4. The molecule has 0 aliphatic rings. The zero-order chi connectivity index (χ0) is 11.5. The molecular weight excluding hydrogens is 206 g/mol. The standard InChI is InChI=1S/C9H15N7/c1-6(2)8(10)9-13-7(14-15-9)3-16-5-11-4-12-16/h4-6,8H,3,10H2,1-2H3,(H,13,14,15)/t8-/m0/s1. The highest BCUT2D eigenvalue weighted by atomic mass is 15.3. The first kappa shape index (κ1) is 10.7. The Morgan fingerprint density at radius 3 is 2.94 bits per heavy atom. The van der Waals surface area contributed by atoms with Crippen molar-refractivity contribution in [3.8, 4) is 0 Å². The van der Waals surface area contributed by atoms with E-state index >= 15 is 0 Å². The van der Waals surface area contributed by atoms with E-state index in [0.29, 0.717) is 18.3 Å². The van der Waals surface area contributed by atoms with Gasteiger partial charge < -0.3 is 5.73 Å². The van der Waals surface area contributed by atoms with Gasteiger partial charge in [0.05, 0.1) is 6.04 Å². The van der Waals surface area contributed by atoms with Crippen molar-refractivity contribution in [2.24, 2.45) is 11.7 Å². The molecule has 2 rings (SSSR count). The SMILES string of the molecule is CC(C)[C@H](N)c1n[nH]c(Cn2cncn2)n1. The maximum absolute atomic E-state index is 5.94. The van der Waals surface area contributed by atoms with Crippen LogP contribution in [0, 0.1) is 5.92 Å². The molecule has 7 nitrogen and oxygen atoms in total. The first-order valence-corrected chi connectivity index (χ1v) is 5.16. The molecule has 16 heavy (non-hydrogen) atoms. The van der Waals surface area contributed by atoms with Crippen molar-refractivity contribution in [3.05, 3.63) is 24.3 Å². The predicted molar refractivity (Wildman–Crippen MR) is 57.3 cm³/mol. The summed E-state index contributed by atoms with van der Waals surface area (Å²) in [5.74, 6) is 1.69. The molecule has 2 heterocycles. The van der Waals surface area contributed by atoms with E-state index < -0.39 is 0 Å². The van der Waals surface area contributed by atoms with Crippen LogP contribution < -0.4 is 5.73 Å². The molecule has 1 atom stereocenters. The van der Waals surface area contributed by atoms with Crippen LogP contribution in [0.4, 0.5) is 0 Å². The minimum Gasteiger partial charge on any atom is -0.321 e. The molecule has 2 aromatic heterocycles. The Morgan fingerprint density at radius 2 is 2.31 bits per heavy atom. The van der Waals surface area contributed by atoms with E-state index in [-0.39, 0.29) is 6.04 Å². The van der Waals surface area contributed by atoms with Crippen molar-refractivity contribution < 1.29 is 0 Å². The molecule has 0 saturated heterocycles. The van der Waals surface area contributed by atoms with Crippen LogP contribution >= 0.6 is 0 Å². The Labute approximate surface area is 93.1 Å². The molecule has 86 valence electrons. The molecule has 0 fully saturated rings. The normalized spacial score (nSPS) is 13.2. The van der Waals surface area contributed by atoms with Crippen LogP contribution in [0.15, 0.2) is 12.7 Å². The molecule has 0 aromatic carbocycles. The van der Waals surface area contributed by atoms with Crippen LogP contribution in [0.2, 0.25) is 0 Å². The highest BCUT2D eigenvalue weighted by Crippen LogP contribution is 2.14.